The summed E-state index contributed by atoms with van der Waals surface area (Å²) in [4.78, 5) is 0. The summed E-state index contributed by atoms with van der Waals surface area (Å²) in [6.07, 6.45) is 0. The van der Waals surface area contributed by atoms with E-state index in [1.54, 1.807) is 0 Å². The zero-order valence-electron chi connectivity index (χ0n) is 10.1. The quantitative estimate of drug-likeness (QED) is 0.384. The zero-order valence-corrected chi connectivity index (χ0v) is 10.9. The van der Waals surface area contributed by atoms with Gasteiger partial charge in [-0.1, -0.05) is 48.0 Å². The summed E-state index contributed by atoms with van der Waals surface area (Å²) in [5, 5.41) is 5.47. The Balaban J connectivity index is 2.31. The molecule has 0 amide bonds. The summed E-state index contributed by atoms with van der Waals surface area (Å²) in [5.41, 5.74) is 1.33. The van der Waals surface area contributed by atoms with Crippen LogP contribution in [-0.2, 0) is 0 Å². The second-order valence-electron chi connectivity index (χ2n) is 4.77. The Labute approximate surface area is 109 Å². The van der Waals surface area contributed by atoms with E-state index in [4.69, 9.17) is 0 Å². The molecule has 1 heteroatoms. The van der Waals surface area contributed by atoms with Crippen molar-refractivity contribution in [3.63, 3.8) is 0 Å². The van der Waals surface area contributed by atoms with Crippen LogP contribution in [0.1, 0.15) is 5.56 Å². The van der Waals surface area contributed by atoms with Gasteiger partial charge in [0.2, 0.25) is 0 Å². The van der Waals surface area contributed by atoms with Crippen LogP contribution < -0.4 is 0 Å². The van der Waals surface area contributed by atoms with Gasteiger partial charge in [-0.05, 0) is 29.8 Å². The minimum absolute atomic E-state index is 1.33. The van der Waals surface area contributed by atoms with Crippen molar-refractivity contribution < 1.29 is 0 Å². The molecule has 3 aromatic carbocycles. The van der Waals surface area contributed by atoms with E-state index in [9.17, 15) is 0 Å². The second kappa shape index (κ2) is 3.56. The third kappa shape index (κ3) is 1.31. The minimum Gasteiger partial charge on any atom is -0.135 e. The SMILES string of the molecule is Cc1ccc2ccc3c4ccccc4sc3c2c1. The van der Waals surface area contributed by atoms with Gasteiger partial charge in [0.1, 0.15) is 0 Å². The first-order chi connectivity index (χ1) is 8.83. The fourth-order valence-corrected chi connectivity index (χ4v) is 3.85. The first-order valence-corrected chi connectivity index (χ1v) is 6.95. The Bertz CT molecular complexity index is 884. The predicted molar refractivity (Wildman–Crippen MR) is 81.6 cm³/mol. The van der Waals surface area contributed by atoms with E-state index in [-0.39, 0.29) is 0 Å². The van der Waals surface area contributed by atoms with Crippen molar-refractivity contribution in [3.8, 4) is 0 Å². The van der Waals surface area contributed by atoms with Crippen LogP contribution in [-0.4, -0.2) is 0 Å². The highest BCUT2D eigenvalue weighted by molar-refractivity contribution is 7.26. The van der Waals surface area contributed by atoms with Crippen LogP contribution in [0.15, 0.2) is 54.6 Å². The molecule has 18 heavy (non-hydrogen) atoms. The molecule has 4 rings (SSSR count). The molecule has 0 aliphatic heterocycles. The van der Waals surface area contributed by atoms with E-state index in [0.717, 1.165) is 0 Å². The number of fused-ring (bicyclic) bond motifs is 5. The first kappa shape index (κ1) is 10.1. The second-order valence-corrected chi connectivity index (χ2v) is 5.82. The highest BCUT2D eigenvalue weighted by Crippen LogP contribution is 2.38. The van der Waals surface area contributed by atoms with Gasteiger partial charge in [-0.3, -0.25) is 0 Å². The lowest BCUT2D eigenvalue weighted by Gasteiger charge is -2.01. The smallest absolute Gasteiger partial charge is 0.0433 e. The average molecular weight is 248 g/mol. The van der Waals surface area contributed by atoms with Crippen LogP contribution in [0.4, 0.5) is 0 Å². The number of rotatable bonds is 0. The molecule has 0 N–H and O–H groups in total. The Morgan fingerprint density at radius 2 is 1.61 bits per heavy atom. The fourth-order valence-electron chi connectivity index (χ4n) is 2.62. The molecule has 0 fully saturated rings. The maximum absolute atomic E-state index is 2.30. The van der Waals surface area contributed by atoms with E-state index in [0.29, 0.717) is 0 Å². The van der Waals surface area contributed by atoms with E-state index < -0.39 is 0 Å². The fraction of sp³-hybridized carbons (Fsp3) is 0.0588. The van der Waals surface area contributed by atoms with Crippen LogP contribution in [0.3, 0.4) is 0 Å². The van der Waals surface area contributed by atoms with Gasteiger partial charge in [0.15, 0.2) is 0 Å². The topological polar surface area (TPSA) is 0 Å². The van der Waals surface area contributed by atoms with Crippen molar-refractivity contribution in [1.29, 1.82) is 0 Å². The lowest BCUT2D eigenvalue weighted by atomic mass is 10.0. The highest BCUT2D eigenvalue weighted by atomic mass is 32.1. The van der Waals surface area contributed by atoms with E-state index in [1.807, 2.05) is 11.3 Å². The minimum atomic E-state index is 1.33. The molecule has 0 nitrogen and oxygen atoms in total. The molecule has 0 spiro atoms. The molecule has 1 heterocycles. The molecule has 0 aliphatic carbocycles. The number of aryl methyl sites for hydroxylation is 1. The van der Waals surface area contributed by atoms with E-state index >= 15 is 0 Å². The Morgan fingerprint density at radius 1 is 0.778 bits per heavy atom. The van der Waals surface area contributed by atoms with Crippen molar-refractivity contribution >= 4 is 42.3 Å². The lowest BCUT2D eigenvalue weighted by molar-refractivity contribution is 1.51. The molecule has 0 unspecified atom stereocenters. The van der Waals surface area contributed by atoms with Gasteiger partial charge in [-0.25, -0.2) is 0 Å². The highest BCUT2D eigenvalue weighted by Gasteiger charge is 2.07. The normalized spacial score (nSPS) is 11.6. The molecule has 0 radical (unpaired) electrons. The van der Waals surface area contributed by atoms with E-state index in [2.05, 4.69) is 61.5 Å². The summed E-state index contributed by atoms with van der Waals surface area (Å²) in [6, 6.07) is 19.8. The Kier molecular flexibility index (Phi) is 2.00. The lowest BCUT2D eigenvalue weighted by Crippen LogP contribution is -1.75. The molecule has 0 bridgehead atoms. The monoisotopic (exact) mass is 248 g/mol. The summed E-state index contributed by atoms with van der Waals surface area (Å²) in [7, 11) is 0. The van der Waals surface area contributed by atoms with Crippen molar-refractivity contribution in [1.82, 2.24) is 0 Å². The summed E-state index contributed by atoms with van der Waals surface area (Å²) < 4.78 is 2.79. The Hall–Kier alpha value is -1.86. The Morgan fingerprint density at radius 3 is 2.56 bits per heavy atom. The van der Waals surface area contributed by atoms with E-state index in [1.165, 1.54) is 36.5 Å². The van der Waals surface area contributed by atoms with Crippen molar-refractivity contribution in [2.45, 2.75) is 6.92 Å². The largest absolute Gasteiger partial charge is 0.135 e. The van der Waals surface area contributed by atoms with Gasteiger partial charge in [0, 0.05) is 20.2 Å². The zero-order chi connectivity index (χ0) is 12.1. The van der Waals surface area contributed by atoms with Crippen LogP contribution in [0, 0.1) is 6.92 Å². The van der Waals surface area contributed by atoms with Crippen molar-refractivity contribution in [3.05, 3.63) is 60.2 Å². The summed E-state index contributed by atoms with van der Waals surface area (Å²) >= 11 is 1.90. The number of benzene rings is 3. The number of thiophene rings is 1. The van der Waals surface area contributed by atoms with Crippen LogP contribution in [0.25, 0.3) is 30.9 Å². The molecule has 0 atom stereocenters. The maximum atomic E-state index is 2.30. The number of hydrogen-bond acceptors (Lipinski definition) is 1. The van der Waals surface area contributed by atoms with Crippen LogP contribution >= 0.6 is 11.3 Å². The van der Waals surface area contributed by atoms with Gasteiger partial charge in [0.05, 0.1) is 0 Å². The van der Waals surface area contributed by atoms with Gasteiger partial charge in [-0.2, -0.15) is 0 Å². The molecule has 0 saturated carbocycles. The van der Waals surface area contributed by atoms with Crippen LogP contribution in [0.5, 0.6) is 0 Å². The van der Waals surface area contributed by atoms with Crippen molar-refractivity contribution in [2.75, 3.05) is 0 Å². The molecule has 4 aromatic rings. The standard InChI is InChI=1S/C17H12S/c1-11-6-7-12-8-9-14-13-4-2-3-5-16(13)18-17(14)15(12)10-11/h2-10H,1H3. The first-order valence-electron chi connectivity index (χ1n) is 6.13. The van der Waals surface area contributed by atoms with Gasteiger partial charge in [0.25, 0.3) is 0 Å². The molecular weight excluding hydrogens is 236 g/mol. The van der Waals surface area contributed by atoms with Crippen molar-refractivity contribution in [2.24, 2.45) is 0 Å². The molecule has 1 aromatic heterocycles. The third-order valence-electron chi connectivity index (χ3n) is 3.52. The average Bonchev–Trinajstić information content (AvgIpc) is 2.78. The van der Waals surface area contributed by atoms with Crippen LogP contribution in [0.2, 0.25) is 0 Å². The third-order valence-corrected chi connectivity index (χ3v) is 4.74. The molecule has 86 valence electrons. The molecule has 0 saturated heterocycles. The molecule has 0 aliphatic rings. The summed E-state index contributed by atoms with van der Waals surface area (Å²) in [5.74, 6) is 0. The number of hydrogen-bond donors (Lipinski definition) is 0. The van der Waals surface area contributed by atoms with Gasteiger partial charge < -0.3 is 0 Å². The van der Waals surface area contributed by atoms with Gasteiger partial charge >= 0.3 is 0 Å². The maximum Gasteiger partial charge on any atom is 0.0433 e. The summed E-state index contributed by atoms with van der Waals surface area (Å²) in [6.45, 7) is 2.16. The van der Waals surface area contributed by atoms with Gasteiger partial charge in [-0.15, -0.1) is 11.3 Å². The molecular formula is C17H12S. The predicted octanol–water partition coefficient (Wildman–Crippen LogP) is 5.52.